The molecule has 0 aliphatic carbocycles. The number of nitro benzene ring substituents is 1. The van der Waals surface area contributed by atoms with E-state index in [2.05, 4.69) is 20.9 Å². The Bertz CT molecular complexity index is 780. The second-order valence-corrected chi connectivity index (χ2v) is 6.91. The maximum Gasteiger partial charge on any atom is 0.289 e. The summed E-state index contributed by atoms with van der Waals surface area (Å²) in [6.45, 7) is 0. The minimum atomic E-state index is -4.07. The van der Waals surface area contributed by atoms with Gasteiger partial charge >= 0.3 is 0 Å². The Labute approximate surface area is 129 Å². The highest BCUT2D eigenvalue weighted by Gasteiger charge is 2.30. The lowest BCUT2D eigenvalue weighted by Gasteiger charge is -2.19. The molecule has 1 aromatic heterocycles. The predicted octanol–water partition coefficient (Wildman–Crippen LogP) is 2.58. The first-order valence-corrected chi connectivity index (χ1v) is 7.90. The van der Waals surface area contributed by atoms with Crippen molar-refractivity contribution in [3.05, 3.63) is 57.3 Å². The van der Waals surface area contributed by atoms with Crippen molar-refractivity contribution in [1.29, 1.82) is 0 Å². The molecule has 0 atom stereocenters. The topological polar surface area (TPSA) is 93.4 Å². The van der Waals surface area contributed by atoms with Crippen molar-refractivity contribution in [2.45, 2.75) is 4.90 Å². The fourth-order valence-corrected chi connectivity index (χ4v) is 3.55. The molecule has 0 N–H and O–H groups in total. The monoisotopic (exact) mass is 371 g/mol. The maximum absolute atomic E-state index is 12.6. The Morgan fingerprint density at radius 3 is 2.62 bits per heavy atom. The minimum absolute atomic E-state index is 0.312. The summed E-state index contributed by atoms with van der Waals surface area (Å²) < 4.78 is 26.6. The fourth-order valence-electron chi connectivity index (χ4n) is 1.67. The third-order valence-corrected chi connectivity index (χ3v) is 5.07. The van der Waals surface area contributed by atoms with Gasteiger partial charge in [-0.2, -0.15) is 0 Å². The lowest BCUT2D eigenvalue weighted by Crippen LogP contribution is -2.27. The van der Waals surface area contributed by atoms with Crippen molar-refractivity contribution < 1.29 is 13.3 Å². The number of halogens is 1. The van der Waals surface area contributed by atoms with Crippen LogP contribution >= 0.6 is 15.9 Å². The number of hydrogen-bond acceptors (Lipinski definition) is 5. The van der Waals surface area contributed by atoms with Gasteiger partial charge in [-0.1, -0.05) is 15.9 Å². The average molecular weight is 372 g/mol. The van der Waals surface area contributed by atoms with Gasteiger partial charge in [-0.05, 0) is 24.3 Å². The number of sulfonamides is 1. The first-order valence-electron chi connectivity index (χ1n) is 5.67. The fraction of sp³-hybridized carbons (Fsp3) is 0.0833. The molecule has 0 spiro atoms. The summed E-state index contributed by atoms with van der Waals surface area (Å²) in [4.78, 5) is 13.8. The second-order valence-electron chi connectivity index (χ2n) is 4.05. The molecule has 0 aliphatic heterocycles. The van der Waals surface area contributed by atoms with E-state index < -0.39 is 20.6 Å². The van der Waals surface area contributed by atoms with Crippen molar-refractivity contribution >= 4 is 37.3 Å². The number of nitrogens with zero attached hydrogens (tertiary/aromatic N) is 3. The SMILES string of the molecule is CN(c1cccnc1)S(=O)(=O)c1cc(Br)ccc1[N+](=O)[O-]. The van der Waals surface area contributed by atoms with Crippen molar-refractivity contribution in [1.82, 2.24) is 4.98 Å². The molecule has 0 aliphatic rings. The number of anilines is 1. The molecule has 21 heavy (non-hydrogen) atoms. The van der Waals surface area contributed by atoms with Crippen LogP contribution in [0.2, 0.25) is 0 Å². The molecule has 0 unspecified atom stereocenters. The molecule has 1 heterocycles. The van der Waals surface area contributed by atoms with Crippen molar-refractivity contribution in [2.75, 3.05) is 11.4 Å². The number of aromatic nitrogens is 1. The van der Waals surface area contributed by atoms with Gasteiger partial charge in [0, 0.05) is 23.8 Å². The number of pyridine rings is 1. The summed E-state index contributed by atoms with van der Waals surface area (Å²) in [5, 5.41) is 11.0. The molecule has 2 rings (SSSR count). The highest BCUT2D eigenvalue weighted by Crippen LogP contribution is 2.31. The van der Waals surface area contributed by atoms with Crippen LogP contribution < -0.4 is 4.31 Å². The summed E-state index contributed by atoms with van der Waals surface area (Å²) in [7, 11) is -2.75. The van der Waals surface area contributed by atoms with Gasteiger partial charge in [0.25, 0.3) is 15.7 Å². The van der Waals surface area contributed by atoms with E-state index in [0.29, 0.717) is 10.2 Å². The highest BCUT2D eigenvalue weighted by molar-refractivity contribution is 9.10. The number of nitro groups is 1. The summed E-state index contributed by atoms with van der Waals surface area (Å²) in [5.74, 6) is 0. The summed E-state index contributed by atoms with van der Waals surface area (Å²) >= 11 is 3.13. The van der Waals surface area contributed by atoms with E-state index in [-0.39, 0.29) is 4.90 Å². The van der Waals surface area contributed by atoms with Gasteiger partial charge in [-0.25, -0.2) is 8.42 Å². The van der Waals surface area contributed by atoms with Crippen LogP contribution in [0.3, 0.4) is 0 Å². The van der Waals surface area contributed by atoms with Crippen molar-refractivity contribution in [3.8, 4) is 0 Å². The minimum Gasteiger partial charge on any atom is -0.268 e. The van der Waals surface area contributed by atoms with E-state index in [0.717, 1.165) is 10.4 Å². The quantitative estimate of drug-likeness (QED) is 0.608. The van der Waals surface area contributed by atoms with E-state index in [4.69, 9.17) is 0 Å². The smallest absolute Gasteiger partial charge is 0.268 e. The number of rotatable bonds is 4. The van der Waals surface area contributed by atoms with Crippen LogP contribution in [0.15, 0.2) is 52.1 Å². The van der Waals surface area contributed by atoms with Crippen LogP contribution in [0.4, 0.5) is 11.4 Å². The van der Waals surface area contributed by atoms with Gasteiger partial charge in [0.2, 0.25) is 0 Å². The molecule has 110 valence electrons. The van der Waals surface area contributed by atoms with Gasteiger partial charge in [-0.15, -0.1) is 0 Å². The zero-order valence-electron chi connectivity index (χ0n) is 10.8. The maximum atomic E-state index is 12.6. The number of benzene rings is 1. The Hall–Kier alpha value is -2.00. The number of hydrogen-bond donors (Lipinski definition) is 0. The molecule has 0 radical (unpaired) electrons. The Morgan fingerprint density at radius 2 is 2.05 bits per heavy atom. The van der Waals surface area contributed by atoms with E-state index in [1.165, 1.54) is 31.6 Å². The van der Waals surface area contributed by atoms with E-state index >= 15 is 0 Å². The lowest BCUT2D eigenvalue weighted by atomic mass is 10.3. The molecule has 0 amide bonds. The molecular weight excluding hydrogens is 362 g/mol. The molecule has 9 heteroatoms. The van der Waals surface area contributed by atoms with Crippen molar-refractivity contribution in [2.24, 2.45) is 0 Å². The van der Waals surface area contributed by atoms with Crippen LogP contribution in [0.1, 0.15) is 0 Å². The first-order chi connectivity index (χ1) is 9.84. The Morgan fingerprint density at radius 1 is 1.33 bits per heavy atom. The van der Waals surface area contributed by atoms with Gasteiger partial charge in [0.1, 0.15) is 0 Å². The molecule has 0 bridgehead atoms. The zero-order valence-corrected chi connectivity index (χ0v) is 13.2. The van der Waals surface area contributed by atoms with Gasteiger partial charge in [0.15, 0.2) is 4.90 Å². The standard InChI is InChI=1S/C12H10BrN3O4S/c1-15(10-3-2-6-14-8-10)21(19,20)12-7-9(13)4-5-11(12)16(17)18/h2-8H,1H3. The van der Waals surface area contributed by atoms with Crippen LogP contribution in [0.25, 0.3) is 0 Å². The molecule has 1 aromatic carbocycles. The van der Waals surface area contributed by atoms with Gasteiger partial charge in [-0.3, -0.25) is 19.4 Å². The highest BCUT2D eigenvalue weighted by atomic mass is 79.9. The molecule has 2 aromatic rings. The largest absolute Gasteiger partial charge is 0.289 e. The van der Waals surface area contributed by atoms with Crippen LogP contribution in [0, 0.1) is 10.1 Å². The first kappa shape index (κ1) is 15.4. The van der Waals surface area contributed by atoms with Crippen LogP contribution in [-0.2, 0) is 10.0 Å². The molecule has 7 nitrogen and oxygen atoms in total. The van der Waals surface area contributed by atoms with E-state index in [1.807, 2.05) is 0 Å². The second kappa shape index (κ2) is 5.78. The zero-order chi connectivity index (χ0) is 15.6. The summed E-state index contributed by atoms with van der Waals surface area (Å²) in [5.41, 5.74) is -0.166. The van der Waals surface area contributed by atoms with E-state index in [1.54, 1.807) is 12.1 Å². The summed E-state index contributed by atoms with van der Waals surface area (Å²) in [6, 6.07) is 6.90. The average Bonchev–Trinajstić information content (AvgIpc) is 2.47. The van der Waals surface area contributed by atoms with Gasteiger partial charge < -0.3 is 0 Å². The molecular formula is C12H10BrN3O4S. The third kappa shape index (κ3) is 3.03. The van der Waals surface area contributed by atoms with Crippen molar-refractivity contribution in [3.63, 3.8) is 0 Å². The Kier molecular flexibility index (Phi) is 4.24. The summed E-state index contributed by atoms with van der Waals surface area (Å²) in [6.07, 6.45) is 2.87. The van der Waals surface area contributed by atoms with Gasteiger partial charge in [0.05, 0.1) is 16.8 Å². The molecule has 0 saturated heterocycles. The van der Waals surface area contributed by atoms with Crippen LogP contribution in [-0.4, -0.2) is 25.4 Å². The Balaban J connectivity index is 2.59. The predicted molar refractivity (Wildman–Crippen MR) is 80.6 cm³/mol. The lowest BCUT2D eigenvalue weighted by molar-refractivity contribution is -0.387. The van der Waals surface area contributed by atoms with Crippen LogP contribution in [0.5, 0.6) is 0 Å². The molecule has 0 saturated carbocycles. The molecule has 0 fully saturated rings. The van der Waals surface area contributed by atoms with E-state index in [9.17, 15) is 18.5 Å². The normalized spacial score (nSPS) is 11.1. The third-order valence-electron chi connectivity index (χ3n) is 2.77.